The lowest BCUT2D eigenvalue weighted by atomic mass is 9.92. The van der Waals surface area contributed by atoms with Gasteiger partial charge >= 0.3 is 12.0 Å². The fraction of sp³-hybridized carbons (Fsp3) is 0.143. The van der Waals surface area contributed by atoms with Crippen LogP contribution in [0.15, 0.2) is 95.4 Å². The zero-order valence-corrected chi connectivity index (χ0v) is 19.6. The second-order valence-electron chi connectivity index (χ2n) is 8.31. The van der Waals surface area contributed by atoms with E-state index < -0.39 is 17.5 Å². The maximum absolute atomic E-state index is 11.5. The first-order chi connectivity index (χ1) is 17.4. The number of carbonyl (C=O) groups excluding carboxylic acids is 2. The number of aromatic nitrogens is 1. The number of urea groups is 1. The number of oxazole rings is 1. The van der Waals surface area contributed by atoms with Gasteiger partial charge in [0.05, 0.1) is 6.42 Å². The molecule has 3 N–H and O–H groups in total. The summed E-state index contributed by atoms with van der Waals surface area (Å²) >= 11 is 0. The lowest BCUT2D eigenvalue weighted by Crippen LogP contribution is -2.40. The van der Waals surface area contributed by atoms with Crippen LogP contribution in [-0.4, -0.2) is 28.0 Å². The number of carboxylic acid groups (broad SMARTS) is 1. The molecule has 1 aliphatic rings. The number of aliphatic carboxylic acids is 1. The standard InChI is InChI=1S/C18H15NO3.C10H10N2O2/c20-16(21)12-11-15-19-17(13-7-3-1-4-8-13)18(22-15)14-9-5-2-6-10-14;1-10(7-5-3-2-4-6-7)8(13)11-9(14)12-10/h1-10H,11-12H2,(H,20,21);2-6H,1H3,(H2,11,12,13,14). The Labute approximate surface area is 208 Å². The van der Waals surface area contributed by atoms with E-state index in [1.165, 1.54) is 0 Å². The Bertz CT molecular complexity index is 1300. The second-order valence-corrected chi connectivity index (χ2v) is 8.31. The van der Waals surface area contributed by atoms with E-state index >= 15 is 0 Å². The third-order valence-electron chi connectivity index (χ3n) is 5.70. The predicted molar refractivity (Wildman–Crippen MR) is 134 cm³/mol. The number of nitrogens with one attached hydrogen (secondary N) is 2. The van der Waals surface area contributed by atoms with Crippen molar-refractivity contribution in [2.45, 2.75) is 25.3 Å². The van der Waals surface area contributed by atoms with Crippen LogP contribution in [0, 0.1) is 0 Å². The average Bonchev–Trinajstić information content (AvgIpc) is 3.45. The van der Waals surface area contributed by atoms with Gasteiger partial charge < -0.3 is 14.8 Å². The summed E-state index contributed by atoms with van der Waals surface area (Å²) in [6, 6.07) is 28.2. The number of amides is 3. The number of nitrogens with zero attached hydrogens (tertiary/aromatic N) is 1. The van der Waals surface area contributed by atoms with Crippen LogP contribution in [0.1, 0.15) is 24.8 Å². The molecule has 3 aromatic carbocycles. The maximum atomic E-state index is 11.5. The van der Waals surface area contributed by atoms with Gasteiger partial charge in [-0.2, -0.15) is 0 Å². The third-order valence-corrected chi connectivity index (χ3v) is 5.70. The van der Waals surface area contributed by atoms with E-state index in [0.29, 0.717) is 11.7 Å². The molecular weight excluding hydrogens is 458 g/mol. The molecule has 1 aliphatic heterocycles. The Kier molecular flexibility index (Phi) is 7.25. The molecule has 4 aromatic rings. The summed E-state index contributed by atoms with van der Waals surface area (Å²) in [4.78, 5) is 37.7. The van der Waals surface area contributed by atoms with Crippen molar-refractivity contribution >= 4 is 17.9 Å². The highest BCUT2D eigenvalue weighted by molar-refractivity contribution is 6.07. The number of hydrogen-bond acceptors (Lipinski definition) is 5. The molecule has 1 atom stereocenters. The van der Waals surface area contributed by atoms with Gasteiger partial charge in [0.2, 0.25) is 0 Å². The molecule has 0 aliphatic carbocycles. The molecule has 0 bridgehead atoms. The molecule has 2 heterocycles. The average molecular weight is 484 g/mol. The first-order valence-corrected chi connectivity index (χ1v) is 11.4. The van der Waals surface area contributed by atoms with Gasteiger partial charge in [-0.25, -0.2) is 9.78 Å². The molecular formula is C28H25N3O5. The van der Waals surface area contributed by atoms with E-state index in [-0.39, 0.29) is 18.7 Å². The van der Waals surface area contributed by atoms with E-state index in [4.69, 9.17) is 9.52 Å². The monoisotopic (exact) mass is 483 g/mol. The first kappa shape index (κ1) is 24.4. The molecule has 8 heteroatoms. The highest BCUT2D eigenvalue weighted by atomic mass is 16.4. The van der Waals surface area contributed by atoms with Crippen LogP contribution in [-0.2, 0) is 21.5 Å². The normalized spacial score (nSPS) is 16.5. The van der Waals surface area contributed by atoms with Gasteiger partial charge in [-0.3, -0.25) is 14.9 Å². The van der Waals surface area contributed by atoms with Crippen molar-refractivity contribution in [2.24, 2.45) is 0 Å². The Morgan fingerprint density at radius 3 is 1.97 bits per heavy atom. The van der Waals surface area contributed by atoms with Gasteiger partial charge in [0, 0.05) is 17.5 Å². The molecule has 1 fully saturated rings. The SMILES string of the molecule is CC1(c2ccccc2)NC(=O)NC1=O.O=C(O)CCc1nc(-c2ccccc2)c(-c2ccccc2)o1. The van der Waals surface area contributed by atoms with E-state index in [2.05, 4.69) is 15.6 Å². The van der Waals surface area contributed by atoms with Crippen molar-refractivity contribution in [1.82, 2.24) is 15.6 Å². The van der Waals surface area contributed by atoms with Crippen LogP contribution in [0.25, 0.3) is 22.6 Å². The Morgan fingerprint density at radius 1 is 0.889 bits per heavy atom. The van der Waals surface area contributed by atoms with Gasteiger partial charge in [-0.1, -0.05) is 91.0 Å². The summed E-state index contributed by atoms with van der Waals surface area (Å²) in [5, 5.41) is 13.6. The summed E-state index contributed by atoms with van der Waals surface area (Å²) in [5.41, 5.74) is 2.47. The van der Waals surface area contributed by atoms with Crippen molar-refractivity contribution in [3.8, 4) is 22.6 Å². The van der Waals surface area contributed by atoms with E-state index in [0.717, 1.165) is 22.4 Å². The Balaban J connectivity index is 0.000000187. The molecule has 3 amide bonds. The minimum Gasteiger partial charge on any atom is -0.481 e. The first-order valence-electron chi connectivity index (χ1n) is 11.4. The van der Waals surface area contributed by atoms with Crippen molar-refractivity contribution in [3.63, 3.8) is 0 Å². The van der Waals surface area contributed by atoms with Crippen LogP contribution in [0.4, 0.5) is 4.79 Å². The number of hydrogen-bond donors (Lipinski definition) is 3. The Morgan fingerprint density at radius 2 is 1.44 bits per heavy atom. The second kappa shape index (κ2) is 10.7. The number of aryl methyl sites for hydroxylation is 1. The topological polar surface area (TPSA) is 122 Å². The molecule has 5 rings (SSSR count). The van der Waals surface area contributed by atoms with Crippen molar-refractivity contribution in [3.05, 3.63) is 102 Å². The van der Waals surface area contributed by atoms with E-state index in [1.54, 1.807) is 6.92 Å². The lowest BCUT2D eigenvalue weighted by molar-refractivity contribution is -0.137. The summed E-state index contributed by atoms with van der Waals surface area (Å²) in [6.07, 6.45) is 0.283. The number of carboxylic acids is 1. The van der Waals surface area contributed by atoms with Gasteiger partial charge in [0.25, 0.3) is 5.91 Å². The quantitative estimate of drug-likeness (QED) is 0.340. The summed E-state index contributed by atoms with van der Waals surface area (Å²) in [6.45, 7) is 1.68. The van der Waals surface area contributed by atoms with Crippen LogP contribution in [0.5, 0.6) is 0 Å². The van der Waals surface area contributed by atoms with Crippen molar-refractivity contribution in [2.75, 3.05) is 0 Å². The van der Waals surface area contributed by atoms with Gasteiger partial charge in [0.1, 0.15) is 11.2 Å². The van der Waals surface area contributed by atoms with Crippen molar-refractivity contribution < 1.29 is 23.9 Å². The zero-order chi connectivity index (χ0) is 25.5. The van der Waals surface area contributed by atoms with Gasteiger partial charge in [0.15, 0.2) is 11.7 Å². The highest BCUT2D eigenvalue weighted by Crippen LogP contribution is 2.32. The van der Waals surface area contributed by atoms with Gasteiger partial charge in [-0.15, -0.1) is 0 Å². The minimum atomic E-state index is -0.932. The minimum absolute atomic E-state index is 0.00295. The number of imide groups is 1. The highest BCUT2D eigenvalue weighted by Gasteiger charge is 2.43. The van der Waals surface area contributed by atoms with Crippen LogP contribution < -0.4 is 10.6 Å². The molecule has 0 saturated carbocycles. The number of benzene rings is 3. The largest absolute Gasteiger partial charge is 0.481 e. The summed E-state index contributed by atoms with van der Waals surface area (Å²) < 4.78 is 5.83. The predicted octanol–water partition coefficient (Wildman–Crippen LogP) is 4.77. The Hall–Kier alpha value is -4.72. The van der Waals surface area contributed by atoms with Gasteiger partial charge in [-0.05, 0) is 12.5 Å². The fourth-order valence-corrected chi connectivity index (χ4v) is 3.78. The fourth-order valence-electron chi connectivity index (χ4n) is 3.78. The molecule has 0 radical (unpaired) electrons. The molecule has 1 unspecified atom stereocenters. The van der Waals surface area contributed by atoms with E-state index in [1.807, 2.05) is 91.0 Å². The van der Waals surface area contributed by atoms with Crippen LogP contribution in [0.2, 0.25) is 0 Å². The number of carbonyl (C=O) groups is 3. The zero-order valence-electron chi connectivity index (χ0n) is 19.6. The molecule has 1 saturated heterocycles. The maximum Gasteiger partial charge on any atom is 0.322 e. The smallest absolute Gasteiger partial charge is 0.322 e. The van der Waals surface area contributed by atoms with E-state index in [9.17, 15) is 14.4 Å². The molecule has 182 valence electrons. The molecule has 36 heavy (non-hydrogen) atoms. The third kappa shape index (κ3) is 5.50. The number of rotatable bonds is 6. The van der Waals surface area contributed by atoms with Crippen LogP contribution >= 0.6 is 0 Å². The molecule has 8 nitrogen and oxygen atoms in total. The van der Waals surface area contributed by atoms with Crippen molar-refractivity contribution in [1.29, 1.82) is 0 Å². The molecule has 0 spiro atoms. The summed E-state index contributed by atoms with van der Waals surface area (Å²) in [5.74, 6) is -0.0540. The summed E-state index contributed by atoms with van der Waals surface area (Å²) in [7, 11) is 0. The molecule has 1 aromatic heterocycles. The lowest BCUT2D eigenvalue weighted by Gasteiger charge is -2.20. The van der Waals surface area contributed by atoms with Crippen LogP contribution in [0.3, 0.4) is 0 Å².